The number of hydrogen-bond donors (Lipinski definition) is 4. The van der Waals surface area contributed by atoms with Gasteiger partial charge in [0.05, 0.1) is 25.0 Å². The third kappa shape index (κ3) is 9.35. The average molecular weight is 711 g/mol. The van der Waals surface area contributed by atoms with Crippen LogP contribution in [0.4, 0.5) is 0 Å². The highest BCUT2D eigenvalue weighted by Crippen LogP contribution is 2.37. The number of carbonyl (C=O) groups excluding carboxylic acids is 1. The van der Waals surface area contributed by atoms with Crippen molar-refractivity contribution in [3.05, 3.63) is 126 Å². The smallest absolute Gasteiger partial charge is 0.374 e. The molecule has 5 N–H and O–H groups in total. The number of carbonyl (C=O) groups is 1. The Hall–Kier alpha value is -4.36. The van der Waals surface area contributed by atoms with Crippen molar-refractivity contribution in [1.82, 2.24) is 15.0 Å². The van der Waals surface area contributed by atoms with E-state index in [0.717, 1.165) is 53.3 Å². The predicted octanol–water partition coefficient (Wildman–Crippen LogP) is 6.32. The van der Waals surface area contributed by atoms with E-state index in [4.69, 9.17) is 29.4 Å². The molecule has 1 aliphatic rings. The van der Waals surface area contributed by atoms with Crippen LogP contribution in [0, 0.1) is 6.92 Å². The summed E-state index contributed by atoms with van der Waals surface area (Å²) in [6.07, 6.45) is 0.585. The fraction of sp³-hybridized carbons (Fsp3) is 0.415. The molecule has 1 fully saturated rings. The average Bonchev–Trinajstić information content (AvgIpc) is 3.81. The van der Waals surface area contributed by atoms with Crippen LogP contribution in [0.25, 0.3) is 10.9 Å². The van der Waals surface area contributed by atoms with Gasteiger partial charge in [0.2, 0.25) is 5.82 Å². The Bertz CT molecular complexity index is 1810. The van der Waals surface area contributed by atoms with Crippen molar-refractivity contribution in [2.45, 2.75) is 95.5 Å². The van der Waals surface area contributed by atoms with Crippen LogP contribution in [0.5, 0.6) is 0 Å². The Morgan fingerprint density at radius 1 is 0.769 bits per heavy atom. The second-order valence-electron chi connectivity index (χ2n) is 13.3. The summed E-state index contributed by atoms with van der Waals surface area (Å²) in [6, 6.07) is 27.5. The van der Waals surface area contributed by atoms with Crippen LogP contribution in [-0.4, -0.2) is 75.8 Å². The van der Waals surface area contributed by atoms with Gasteiger partial charge in [0.25, 0.3) is 0 Å². The molecular weight excluding hydrogens is 660 g/mol. The van der Waals surface area contributed by atoms with Crippen LogP contribution in [0.1, 0.15) is 71.7 Å². The maximum atomic E-state index is 13.8. The molecule has 5 aromatic rings. The van der Waals surface area contributed by atoms with Gasteiger partial charge in [-0.15, -0.1) is 0 Å². The molecule has 1 aliphatic carbocycles. The molecule has 2 heterocycles. The monoisotopic (exact) mass is 710 g/mol. The van der Waals surface area contributed by atoms with Crippen LogP contribution in [0.3, 0.4) is 0 Å². The summed E-state index contributed by atoms with van der Waals surface area (Å²) in [5.74, 6) is -0.664. The Morgan fingerprint density at radius 2 is 1.40 bits per heavy atom. The number of rotatable bonds is 18. The van der Waals surface area contributed by atoms with Gasteiger partial charge in [-0.1, -0.05) is 91.7 Å². The number of benzene rings is 3. The number of unbranched alkanes of at least 4 members (excludes halogenated alkanes) is 3. The number of nitrogens with two attached hydrogens (primary N) is 1. The number of aromatic nitrogens is 3. The highest BCUT2D eigenvalue weighted by Gasteiger charge is 2.55. The Kier molecular flexibility index (Phi) is 13.2. The number of aryl methyl sites for hydroxylation is 1. The zero-order valence-corrected chi connectivity index (χ0v) is 29.9. The topological polar surface area (TPSA) is 154 Å². The number of aliphatic hydroxyl groups excluding tert-OH is 1. The summed E-state index contributed by atoms with van der Waals surface area (Å²) in [5, 5.41) is 13.3. The number of nitrogens with one attached hydrogen (secondary N) is 2. The molecule has 7 atom stereocenters. The zero-order valence-electron chi connectivity index (χ0n) is 29.9. The van der Waals surface area contributed by atoms with Crippen molar-refractivity contribution in [3.63, 3.8) is 0 Å². The number of ether oxygens (including phenoxy) is 5. The van der Waals surface area contributed by atoms with Gasteiger partial charge in [-0.25, -0.2) is 9.78 Å². The third-order valence-corrected chi connectivity index (χ3v) is 9.51. The number of fused-ring (bicyclic) bond motifs is 1. The van der Waals surface area contributed by atoms with E-state index in [-0.39, 0.29) is 19.0 Å². The summed E-state index contributed by atoms with van der Waals surface area (Å²) in [5.41, 5.74) is 10.1. The first-order chi connectivity index (χ1) is 25.4. The summed E-state index contributed by atoms with van der Waals surface area (Å²) in [6.45, 7) is 5.13. The summed E-state index contributed by atoms with van der Waals surface area (Å²) in [7, 11) is 0. The first-order valence-electron chi connectivity index (χ1n) is 18.2. The molecule has 11 heteroatoms. The van der Waals surface area contributed by atoms with Crippen LogP contribution >= 0.6 is 0 Å². The summed E-state index contributed by atoms with van der Waals surface area (Å²) >= 11 is 0. The van der Waals surface area contributed by atoms with Crippen molar-refractivity contribution in [1.29, 1.82) is 0 Å². The molecule has 0 amide bonds. The Balaban J connectivity index is 1.37. The zero-order chi connectivity index (χ0) is 36.3. The van der Waals surface area contributed by atoms with Crippen molar-refractivity contribution in [3.8, 4) is 0 Å². The molecule has 0 bridgehead atoms. The van der Waals surface area contributed by atoms with Gasteiger partial charge in [-0.2, -0.15) is 0 Å². The van der Waals surface area contributed by atoms with Gasteiger partial charge in [0.15, 0.2) is 6.10 Å². The largest absolute Gasteiger partial charge is 0.451 e. The lowest BCUT2D eigenvalue weighted by Crippen LogP contribution is -2.67. The fourth-order valence-electron chi connectivity index (χ4n) is 6.79. The van der Waals surface area contributed by atoms with Crippen LogP contribution in [0.2, 0.25) is 0 Å². The van der Waals surface area contributed by atoms with Gasteiger partial charge < -0.3 is 44.5 Å². The fourth-order valence-corrected chi connectivity index (χ4v) is 6.79. The second-order valence-corrected chi connectivity index (χ2v) is 13.3. The number of aliphatic hydroxyl groups is 1. The minimum atomic E-state index is -1.26. The lowest BCUT2D eigenvalue weighted by molar-refractivity contribution is -0.275. The predicted molar refractivity (Wildman–Crippen MR) is 197 cm³/mol. The SMILES string of the molecule is Cc1c[nH]c(C(=O)OC2C(OC(C)c3c[nH]c4ccccc34)C(O)C(OCCCCCCN)C(OCc3ccccc3)C2OCc2ccccc2)n1. The Morgan fingerprint density at radius 3 is 2.06 bits per heavy atom. The molecule has 0 spiro atoms. The van der Waals surface area contributed by atoms with E-state index >= 15 is 0 Å². The molecule has 7 unspecified atom stereocenters. The van der Waals surface area contributed by atoms with Crippen molar-refractivity contribution in [2.75, 3.05) is 13.2 Å². The maximum absolute atomic E-state index is 13.8. The van der Waals surface area contributed by atoms with Gasteiger partial charge in [0, 0.05) is 35.5 Å². The van der Waals surface area contributed by atoms with E-state index in [0.29, 0.717) is 18.8 Å². The molecule has 276 valence electrons. The van der Waals surface area contributed by atoms with E-state index in [2.05, 4.69) is 15.0 Å². The molecule has 3 aromatic carbocycles. The number of aromatic amines is 2. The van der Waals surface area contributed by atoms with Crippen molar-refractivity contribution in [2.24, 2.45) is 5.73 Å². The molecule has 0 radical (unpaired) electrons. The highest BCUT2D eigenvalue weighted by molar-refractivity contribution is 5.85. The summed E-state index contributed by atoms with van der Waals surface area (Å²) in [4.78, 5) is 24.3. The van der Waals surface area contributed by atoms with Gasteiger partial charge in [-0.05, 0) is 50.4 Å². The standard InChI is InChI=1S/C41H50N4O7/c1-27-23-44-40(45-27)41(47)52-39-36(51-28(2)32-24-43-33-20-12-11-19-31(32)33)34(46)35(48-22-14-4-3-13-21-42)37(49-25-29-15-7-5-8-16-29)38(39)50-26-30-17-9-6-10-18-30/h5-12,15-20,23-24,28,34-39,43,46H,3-4,13-14,21-22,25-26,42H2,1-2H3,(H,44,45). The summed E-state index contributed by atoms with van der Waals surface area (Å²) < 4.78 is 33.0. The van der Waals surface area contributed by atoms with Gasteiger partial charge in [0.1, 0.15) is 30.5 Å². The molecular formula is C41H50N4O7. The van der Waals surface area contributed by atoms with Crippen LogP contribution < -0.4 is 5.73 Å². The first-order valence-corrected chi connectivity index (χ1v) is 18.2. The number of H-pyrrole nitrogens is 2. The number of para-hydroxylation sites is 1. The quantitative estimate of drug-likeness (QED) is 0.0604. The molecule has 0 aliphatic heterocycles. The molecule has 11 nitrogen and oxygen atoms in total. The van der Waals surface area contributed by atoms with Crippen molar-refractivity contribution < 1.29 is 33.6 Å². The maximum Gasteiger partial charge on any atom is 0.374 e. The molecule has 6 rings (SSSR count). The number of imidazole rings is 1. The Labute approximate surface area is 304 Å². The van der Waals surface area contributed by atoms with E-state index in [9.17, 15) is 9.90 Å². The first kappa shape index (κ1) is 37.4. The van der Waals surface area contributed by atoms with E-state index in [1.54, 1.807) is 13.1 Å². The second kappa shape index (κ2) is 18.4. The molecule has 0 saturated heterocycles. The van der Waals surface area contributed by atoms with E-state index in [1.807, 2.05) is 98.0 Å². The van der Waals surface area contributed by atoms with Crippen LogP contribution in [0.15, 0.2) is 97.3 Å². The lowest BCUT2D eigenvalue weighted by atomic mass is 9.83. The lowest BCUT2D eigenvalue weighted by Gasteiger charge is -2.48. The van der Waals surface area contributed by atoms with Crippen molar-refractivity contribution >= 4 is 16.9 Å². The third-order valence-electron chi connectivity index (χ3n) is 9.51. The minimum Gasteiger partial charge on any atom is -0.451 e. The van der Waals surface area contributed by atoms with Gasteiger partial charge in [-0.3, -0.25) is 0 Å². The highest BCUT2D eigenvalue weighted by atomic mass is 16.6. The molecule has 1 saturated carbocycles. The minimum absolute atomic E-state index is 0.0369. The normalized spacial score (nSPS) is 22.4. The number of nitrogens with zero attached hydrogens (tertiary/aromatic N) is 1. The van der Waals surface area contributed by atoms with Gasteiger partial charge >= 0.3 is 5.97 Å². The number of esters is 1. The van der Waals surface area contributed by atoms with E-state index < -0.39 is 48.7 Å². The number of hydrogen-bond acceptors (Lipinski definition) is 9. The van der Waals surface area contributed by atoms with E-state index in [1.165, 1.54) is 0 Å². The molecule has 2 aromatic heterocycles. The molecule has 52 heavy (non-hydrogen) atoms. The van der Waals surface area contributed by atoms with Crippen LogP contribution in [-0.2, 0) is 36.9 Å².